The molecule has 2 N–H and O–H groups in total. The minimum atomic E-state index is -0.303. The van der Waals surface area contributed by atoms with Gasteiger partial charge in [-0.2, -0.15) is 0 Å². The van der Waals surface area contributed by atoms with Crippen LogP contribution in [0.15, 0.2) is 42.5 Å². The molecule has 0 spiro atoms. The zero-order valence-corrected chi connectivity index (χ0v) is 16.1. The maximum Gasteiger partial charge on any atom is 0.315 e. The van der Waals surface area contributed by atoms with E-state index >= 15 is 0 Å². The van der Waals surface area contributed by atoms with Crippen LogP contribution in [-0.4, -0.2) is 44.8 Å². The summed E-state index contributed by atoms with van der Waals surface area (Å²) < 4.78 is 16.2. The number of hydrogen-bond donors (Lipinski definition) is 2. The average molecular weight is 397 g/mol. The zero-order valence-electron chi connectivity index (χ0n) is 16.1. The number of nitrogens with zero attached hydrogens (tertiary/aromatic N) is 1. The van der Waals surface area contributed by atoms with Crippen molar-refractivity contribution in [2.75, 3.05) is 31.8 Å². The molecule has 2 aliphatic heterocycles. The Morgan fingerprint density at radius 3 is 2.66 bits per heavy atom. The van der Waals surface area contributed by atoms with Crippen LogP contribution in [0.3, 0.4) is 0 Å². The highest BCUT2D eigenvalue weighted by Gasteiger charge is 2.32. The van der Waals surface area contributed by atoms with Gasteiger partial charge in [0.15, 0.2) is 11.5 Å². The number of methoxy groups -OCH3 is 1. The largest absolute Gasteiger partial charge is 0.497 e. The minimum absolute atomic E-state index is 0.0397. The molecule has 0 radical (unpaired) electrons. The number of carbonyl (C=O) groups is 2. The summed E-state index contributed by atoms with van der Waals surface area (Å²) in [4.78, 5) is 26.3. The van der Waals surface area contributed by atoms with E-state index < -0.39 is 0 Å². The Kier molecular flexibility index (Phi) is 5.41. The first-order chi connectivity index (χ1) is 14.1. The number of anilines is 1. The number of nitrogens with one attached hydrogen (secondary N) is 2. The summed E-state index contributed by atoms with van der Waals surface area (Å²) in [6, 6.07) is 12.3. The summed E-state index contributed by atoms with van der Waals surface area (Å²) in [5, 5.41) is 5.69. The molecule has 2 aliphatic rings. The number of ether oxygens (including phenoxy) is 3. The van der Waals surface area contributed by atoms with Gasteiger partial charge in [-0.25, -0.2) is 4.79 Å². The fourth-order valence-electron chi connectivity index (χ4n) is 3.42. The highest BCUT2D eigenvalue weighted by Crippen LogP contribution is 2.35. The normalized spacial score (nSPS) is 17.8. The molecular weight excluding hydrogens is 374 g/mol. The summed E-state index contributed by atoms with van der Waals surface area (Å²) in [5.74, 6) is 2.04. The minimum Gasteiger partial charge on any atom is -0.497 e. The van der Waals surface area contributed by atoms with Gasteiger partial charge in [0.05, 0.1) is 13.2 Å². The van der Waals surface area contributed by atoms with Crippen LogP contribution in [0.25, 0.3) is 0 Å². The van der Waals surface area contributed by atoms with Crippen molar-refractivity contribution in [3.63, 3.8) is 0 Å². The Morgan fingerprint density at radius 2 is 1.90 bits per heavy atom. The summed E-state index contributed by atoms with van der Waals surface area (Å²) in [6.07, 6.45) is 0.254. The molecule has 1 atom stereocenters. The molecule has 2 aromatic carbocycles. The van der Waals surface area contributed by atoms with Crippen LogP contribution in [0.2, 0.25) is 0 Å². The topological polar surface area (TPSA) is 89.1 Å². The van der Waals surface area contributed by atoms with Crippen molar-refractivity contribution in [1.29, 1.82) is 0 Å². The van der Waals surface area contributed by atoms with Crippen LogP contribution < -0.4 is 29.7 Å². The number of fused-ring (bicyclic) bond motifs is 1. The van der Waals surface area contributed by atoms with E-state index in [4.69, 9.17) is 14.2 Å². The fourth-order valence-corrected chi connectivity index (χ4v) is 3.42. The molecule has 0 unspecified atom stereocenters. The molecule has 2 aromatic rings. The third-order valence-corrected chi connectivity index (χ3v) is 4.91. The Bertz CT molecular complexity index is 900. The summed E-state index contributed by atoms with van der Waals surface area (Å²) in [7, 11) is 1.61. The van der Waals surface area contributed by atoms with Gasteiger partial charge >= 0.3 is 6.03 Å². The molecule has 8 heteroatoms. The molecule has 4 rings (SSSR count). The second kappa shape index (κ2) is 8.30. The van der Waals surface area contributed by atoms with Gasteiger partial charge in [-0.3, -0.25) is 4.79 Å². The van der Waals surface area contributed by atoms with Crippen LogP contribution in [0, 0.1) is 0 Å². The van der Waals surface area contributed by atoms with E-state index in [9.17, 15) is 9.59 Å². The molecule has 2 heterocycles. The number of carbonyl (C=O) groups excluding carboxylic acids is 2. The summed E-state index contributed by atoms with van der Waals surface area (Å²) in [5.41, 5.74) is 1.70. The van der Waals surface area contributed by atoms with Gasteiger partial charge in [-0.05, 0) is 29.8 Å². The predicted octanol–water partition coefficient (Wildman–Crippen LogP) is 2.07. The molecule has 0 aromatic heterocycles. The van der Waals surface area contributed by atoms with Gasteiger partial charge in [-0.15, -0.1) is 0 Å². The lowest BCUT2D eigenvalue weighted by Crippen LogP contribution is -2.43. The quantitative estimate of drug-likeness (QED) is 0.806. The third-order valence-electron chi connectivity index (χ3n) is 4.91. The maximum atomic E-state index is 12.4. The van der Waals surface area contributed by atoms with Crippen molar-refractivity contribution in [3.05, 3.63) is 48.0 Å². The number of hydrogen-bond acceptors (Lipinski definition) is 5. The molecule has 0 saturated carbocycles. The summed E-state index contributed by atoms with van der Waals surface area (Å²) >= 11 is 0. The second-order valence-electron chi connectivity index (χ2n) is 6.91. The van der Waals surface area contributed by atoms with Gasteiger partial charge in [0.2, 0.25) is 5.91 Å². The molecule has 1 fully saturated rings. The molecule has 1 saturated heterocycles. The first-order valence-electron chi connectivity index (χ1n) is 9.49. The smallest absolute Gasteiger partial charge is 0.315 e. The molecule has 29 heavy (non-hydrogen) atoms. The highest BCUT2D eigenvalue weighted by molar-refractivity contribution is 5.97. The molecule has 3 amide bonds. The van der Waals surface area contributed by atoms with Crippen molar-refractivity contribution in [2.45, 2.75) is 19.0 Å². The Morgan fingerprint density at radius 1 is 1.14 bits per heavy atom. The lowest BCUT2D eigenvalue weighted by molar-refractivity contribution is -0.117. The maximum absolute atomic E-state index is 12.4. The Hall–Kier alpha value is -3.42. The number of urea groups is 1. The van der Waals surface area contributed by atoms with Gasteiger partial charge in [0.1, 0.15) is 19.0 Å². The van der Waals surface area contributed by atoms with Gasteiger partial charge in [0.25, 0.3) is 0 Å². The molecule has 0 bridgehead atoms. The van der Waals surface area contributed by atoms with E-state index in [0.29, 0.717) is 37.8 Å². The van der Waals surface area contributed by atoms with E-state index in [1.807, 2.05) is 30.3 Å². The molecule has 8 nitrogen and oxygen atoms in total. The van der Waals surface area contributed by atoms with Gasteiger partial charge in [-0.1, -0.05) is 12.1 Å². The number of amides is 3. The van der Waals surface area contributed by atoms with Crippen molar-refractivity contribution in [3.8, 4) is 17.2 Å². The monoisotopic (exact) mass is 397 g/mol. The number of benzene rings is 2. The van der Waals surface area contributed by atoms with Crippen LogP contribution in [0.4, 0.5) is 10.5 Å². The van der Waals surface area contributed by atoms with Crippen molar-refractivity contribution in [2.24, 2.45) is 0 Å². The van der Waals surface area contributed by atoms with E-state index in [1.54, 1.807) is 24.1 Å². The fraction of sp³-hybridized carbons (Fsp3) is 0.333. The highest BCUT2D eigenvalue weighted by atomic mass is 16.6. The van der Waals surface area contributed by atoms with Crippen LogP contribution >= 0.6 is 0 Å². The second-order valence-corrected chi connectivity index (χ2v) is 6.91. The lowest BCUT2D eigenvalue weighted by Gasteiger charge is -2.22. The van der Waals surface area contributed by atoms with E-state index in [-0.39, 0.29) is 24.4 Å². The van der Waals surface area contributed by atoms with Gasteiger partial charge in [0, 0.05) is 31.3 Å². The third kappa shape index (κ3) is 4.37. The zero-order chi connectivity index (χ0) is 20.2. The molecule has 152 valence electrons. The summed E-state index contributed by atoms with van der Waals surface area (Å²) in [6.45, 7) is 1.81. The van der Waals surface area contributed by atoms with Crippen LogP contribution in [-0.2, 0) is 11.3 Å². The van der Waals surface area contributed by atoms with E-state index in [2.05, 4.69) is 10.6 Å². The standard InChI is InChI=1S/C21H23N3O5/c1-27-17-5-2-14(3-6-17)12-22-21(26)23-15-10-20(25)24(13-15)16-4-7-18-19(11-16)29-9-8-28-18/h2-7,11,15H,8-10,12-13H2,1H3,(H2,22,23,26)/t15-/m0/s1. The Balaban J connectivity index is 1.31. The van der Waals surface area contributed by atoms with Crippen molar-refractivity contribution in [1.82, 2.24) is 10.6 Å². The predicted molar refractivity (Wildman–Crippen MR) is 107 cm³/mol. The van der Waals surface area contributed by atoms with E-state index in [0.717, 1.165) is 17.0 Å². The Labute approximate surface area is 168 Å². The van der Waals surface area contributed by atoms with Crippen molar-refractivity contribution >= 4 is 17.6 Å². The first-order valence-corrected chi connectivity index (χ1v) is 9.49. The molecular formula is C21H23N3O5. The molecule has 0 aliphatic carbocycles. The first kappa shape index (κ1) is 18.9. The van der Waals surface area contributed by atoms with E-state index in [1.165, 1.54) is 0 Å². The number of rotatable bonds is 5. The average Bonchev–Trinajstić information content (AvgIpc) is 3.12. The van der Waals surface area contributed by atoms with Crippen LogP contribution in [0.1, 0.15) is 12.0 Å². The lowest BCUT2D eigenvalue weighted by atomic mass is 10.2. The van der Waals surface area contributed by atoms with Crippen LogP contribution in [0.5, 0.6) is 17.2 Å². The van der Waals surface area contributed by atoms with Crippen molar-refractivity contribution < 1.29 is 23.8 Å². The SMILES string of the molecule is COc1ccc(CNC(=O)N[C@H]2CC(=O)N(c3ccc4c(c3)OCCO4)C2)cc1. The van der Waals surface area contributed by atoms with Gasteiger partial charge < -0.3 is 29.7 Å².